The molecular weight excluding hydrogens is 252 g/mol. The average Bonchev–Trinajstić information content (AvgIpc) is 2.41. The second-order valence-corrected chi connectivity index (χ2v) is 9.54. The molecule has 0 saturated carbocycles. The molecule has 6 heteroatoms. The standard InChI is InChI=1S/C12H26O5Si/c1-5-18(6-2,7-3)17-9-8-16-12(15-4)11(14)10(9)13/h9-14H,5-8H2,1-4H3/t9-,10-,11+,12-/m0/s1. The minimum Gasteiger partial charge on any atom is -0.409 e. The Kier molecular flexibility index (Phi) is 6.23. The molecule has 0 aromatic carbocycles. The van der Waals surface area contributed by atoms with Gasteiger partial charge in [-0.2, -0.15) is 0 Å². The minimum atomic E-state index is -1.80. The highest BCUT2D eigenvalue weighted by atomic mass is 28.4. The Labute approximate surface area is 110 Å². The van der Waals surface area contributed by atoms with Gasteiger partial charge in [0.15, 0.2) is 14.6 Å². The van der Waals surface area contributed by atoms with Crippen molar-refractivity contribution >= 4 is 8.32 Å². The van der Waals surface area contributed by atoms with Crippen molar-refractivity contribution in [1.29, 1.82) is 0 Å². The molecule has 0 aliphatic carbocycles. The fraction of sp³-hybridized carbons (Fsp3) is 1.00. The molecule has 0 spiro atoms. The smallest absolute Gasteiger partial charge is 0.192 e. The van der Waals surface area contributed by atoms with Gasteiger partial charge in [-0.25, -0.2) is 0 Å². The van der Waals surface area contributed by atoms with Crippen LogP contribution < -0.4 is 0 Å². The number of hydrogen-bond donors (Lipinski definition) is 2. The van der Waals surface area contributed by atoms with Crippen molar-refractivity contribution in [2.45, 2.75) is 63.5 Å². The second kappa shape index (κ2) is 6.98. The number of ether oxygens (including phenoxy) is 2. The molecule has 1 fully saturated rings. The topological polar surface area (TPSA) is 68.2 Å². The van der Waals surface area contributed by atoms with Crippen LogP contribution in [-0.2, 0) is 13.9 Å². The summed E-state index contributed by atoms with van der Waals surface area (Å²) >= 11 is 0. The minimum absolute atomic E-state index is 0.269. The van der Waals surface area contributed by atoms with Gasteiger partial charge in [-0.15, -0.1) is 0 Å². The molecule has 0 bridgehead atoms. The first-order chi connectivity index (χ1) is 8.53. The molecule has 0 aromatic rings. The zero-order valence-corrected chi connectivity index (χ0v) is 12.8. The molecule has 1 aliphatic rings. The number of rotatable bonds is 6. The third-order valence-corrected chi connectivity index (χ3v) is 8.67. The first-order valence-corrected chi connectivity index (χ1v) is 9.24. The predicted octanol–water partition coefficient (Wildman–Crippen LogP) is 1.10. The lowest BCUT2D eigenvalue weighted by Crippen LogP contribution is -2.57. The molecule has 1 aliphatic heterocycles. The Balaban J connectivity index is 2.68. The first-order valence-electron chi connectivity index (χ1n) is 6.71. The summed E-state index contributed by atoms with van der Waals surface area (Å²) in [6.07, 6.45) is -3.20. The summed E-state index contributed by atoms with van der Waals surface area (Å²) in [5.74, 6) is 0. The van der Waals surface area contributed by atoms with Gasteiger partial charge in [-0.05, 0) is 18.1 Å². The maximum atomic E-state index is 10.1. The Bertz CT molecular complexity index is 238. The maximum Gasteiger partial charge on any atom is 0.192 e. The number of hydrogen-bond acceptors (Lipinski definition) is 5. The SMILES string of the molecule is CC[Si](CC)(CC)O[C@H]1CO[C@H](OC)[C@H](O)[C@H]1O. The maximum absolute atomic E-state index is 10.1. The van der Waals surface area contributed by atoms with Crippen LogP contribution in [0.2, 0.25) is 18.1 Å². The number of methoxy groups -OCH3 is 1. The monoisotopic (exact) mass is 278 g/mol. The number of aliphatic hydroxyl groups excluding tert-OH is 2. The third kappa shape index (κ3) is 3.31. The van der Waals surface area contributed by atoms with Gasteiger partial charge in [-0.1, -0.05) is 20.8 Å². The molecule has 1 saturated heterocycles. The molecule has 0 unspecified atom stereocenters. The first kappa shape index (κ1) is 16.1. The summed E-state index contributed by atoms with van der Waals surface area (Å²) in [6.45, 7) is 6.66. The average molecular weight is 278 g/mol. The Morgan fingerprint density at radius 2 is 1.67 bits per heavy atom. The normalized spacial score (nSPS) is 33.7. The molecule has 18 heavy (non-hydrogen) atoms. The quantitative estimate of drug-likeness (QED) is 0.712. The molecule has 2 N–H and O–H groups in total. The van der Waals surface area contributed by atoms with Crippen LogP contribution in [0.1, 0.15) is 20.8 Å². The summed E-state index contributed by atoms with van der Waals surface area (Å²) in [5.41, 5.74) is 0. The van der Waals surface area contributed by atoms with Gasteiger partial charge in [0, 0.05) is 7.11 Å². The van der Waals surface area contributed by atoms with Gasteiger partial charge in [0.2, 0.25) is 0 Å². The van der Waals surface area contributed by atoms with Crippen LogP contribution in [-0.4, -0.2) is 56.8 Å². The lowest BCUT2D eigenvalue weighted by Gasteiger charge is -2.41. The van der Waals surface area contributed by atoms with Crippen LogP contribution in [0.3, 0.4) is 0 Å². The molecule has 0 amide bonds. The predicted molar refractivity (Wildman–Crippen MR) is 70.8 cm³/mol. The van der Waals surface area contributed by atoms with Crippen molar-refractivity contribution < 1.29 is 24.1 Å². The molecule has 1 heterocycles. The summed E-state index contributed by atoms with van der Waals surface area (Å²) in [6, 6.07) is 3.02. The van der Waals surface area contributed by atoms with Crippen molar-refractivity contribution in [3.05, 3.63) is 0 Å². The van der Waals surface area contributed by atoms with Gasteiger partial charge in [0.25, 0.3) is 0 Å². The highest BCUT2D eigenvalue weighted by Crippen LogP contribution is 2.27. The van der Waals surface area contributed by atoms with Crippen molar-refractivity contribution in [3.63, 3.8) is 0 Å². The van der Waals surface area contributed by atoms with E-state index < -0.39 is 32.9 Å². The van der Waals surface area contributed by atoms with E-state index in [1.165, 1.54) is 7.11 Å². The Morgan fingerprint density at radius 3 is 2.11 bits per heavy atom. The van der Waals surface area contributed by atoms with Crippen LogP contribution in [0.5, 0.6) is 0 Å². The van der Waals surface area contributed by atoms with Gasteiger partial charge >= 0.3 is 0 Å². The van der Waals surface area contributed by atoms with Crippen LogP contribution in [0.15, 0.2) is 0 Å². The summed E-state index contributed by atoms with van der Waals surface area (Å²) in [4.78, 5) is 0. The molecule has 0 radical (unpaired) electrons. The summed E-state index contributed by atoms with van der Waals surface area (Å²) in [5, 5.41) is 19.9. The Morgan fingerprint density at radius 1 is 1.11 bits per heavy atom. The highest BCUT2D eigenvalue weighted by molar-refractivity contribution is 6.73. The van der Waals surface area contributed by atoms with E-state index in [2.05, 4.69) is 20.8 Å². The largest absolute Gasteiger partial charge is 0.409 e. The number of aliphatic hydroxyl groups is 2. The Hall–Kier alpha value is 0.0169. The molecule has 4 atom stereocenters. The lowest BCUT2D eigenvalue weighted by molar-refractivity contribution is -0.259. The van der Waals surface area contributed by atoms with Gasteiger partial charge in [0.05, 0.1) is 12.7 Å². The van der Waals surface area contributed by atoms with E-state index >= 15 is 0 Å². The van der Waals surface area contributed by atoms with Crippen molar-refractivity contribution in [2.75, 3.05) is 13.7 Å². The van der Waals surface area contributed by atoms with E-state index in [-0.39, 0.29) is 6.61 Å². The molecule has 108 valence electrons. The van der Waals surface area contributed by atoms with E-state index in [9.17, 15) is 10.2 Å². The van der Waals surface area contributed by atoms with Gasteiger partial charge in [-0.3, -0.25) is 0 Å². The van der Waals surface area contributed by atoms with E-state index in [1.807, 2.05) is 0 Å². The van der Waals surface area contributed by atoms with Gasteiger partial charge in [0.1, 0.15) is 12.2 Å². The molecule has 0 aromatic heterocycles. The lowest BCUT2D eigenvalue weighted by atomic mass is 10.1. The van der Waals surface area contributed by atoms with E-state index in [4.69, 9.17) is 13.9 Å². The van der Waals surface area contributed by atoms with Crippen LogP contribution in [0, 0.1) is 0 Å². The molecule has 5 nitrogen and oxygen atoms in total. The van der Waals surface area contributed by atoms with Crippen LogP contribution >= 0.6 is 0 Å². The van der Waals surface area contributed by atoms with Crippen LogP contribution in [0.25, 0.3) is 0 Å². The van der Waals surface area contributed by atoms with E-state index in [1.54, 1.807) is 0 Å². The van der Waals surface area contributed by atoms with E-state index in [0.29, 0.717) is 0 Å². The second-order valence-electron chi connectivity index (χ2n) is 4.82. The summed E-state index contributed by atoms with van der Waals surface area (Å²) < 4.78 is 16.5. The highest BCUT2D eigenvalue weighted by Gasteiger charge is 2.43. The van der Waals surface area contributed by atoms with Crippen LogP contribution in [0.4, 0.5) is 0 Å². The van der Waals surface area contributed by atoms with Crippen molar-refractivity contribution in [1.82, 2.24) is 0 Å². The zero-order valence-electron chi connectivity index (χ0n) is 11.8. The third-order valence-electron chi connectivity index (χ3n) is 4.00. The fourth-order valence-corrected chi connectivity index (χ4v) is 5.25. The zero-order chi connectivity index (χ0) is 13.8. The molecular formula is C12H26O5Si. The van der Waals surface area contributed by atoms with Crippen molar-refractivity contribution in [2.24, 2.45) is 0 Å². The van der Waals surface area contributed by atoms with Gasteiger partial charge < -0.3 is 24.1 Å². The van der Waals surface area contributed by atoms with Crippen molar-refractivity contribution in [3.8, 4) is 0 Å². The fourth-order valence-electron chi connectivity index (χ4n) is 2.40. The summed E-state index contributed by atoms with van der Waals surface area (Å²) in [7, 11) is -0.351. The molecule has 1 rings (SSSR count). The van der Waals surface area contributed by atoms with E-state index in [0.717, 1.165) is 18.1 Å².